The lowest BCUT2D eigenvalue weighted by molar-refractivity contribution is -0.671. The van der Waals surface area contributed by atoms with Gasteiger partial charge in [-0.3, -0.25) is 0 Å². The Morgan fingerprint density at radius 3 is 2.92 bits per heavy atom. The molecular formula is C18H22Cl2N4O. The zero-order valence-corrected chi connectivity index (χ0v) is 15.7. The number of nitrogens with two attached hydrogens (primary N) is 1. The molecule has 1 aliphatic carbocycles. The fraction of sp³-hybridized carbons (Fsp3) is 0.333. The summed E-state index contributed by atoms with van der Waals surface area (Å²) in [5.74, 6) is 0.547. The van der Waals surface area contributed by atoms with Crippen LogP contribution in [0.1, 0.15) is 23.2 Å². The van der Waals surface area contributed by atoms with Crippen LogP contribution in [-0.2, 0) is 26.3 Å². The number of aryl methyl sites for hydroxylation is 3. The lowest BCUT2D eigenvalue weighted by Crippen LogP contribution is -3.00. The molecule has 134 valence electrons. The van der Waals surface area contributed by atoms with E-state index in [1.165, 1.54) is 23.2 Å². The summed E-state index contributed by atoms with van der Waals surface area (Å²) in [4.78, 5) is 0. The third-order valence-corrected chi connectivity index (χ3v) is 4.48. The summed E-state index contributed by atoms with van der Waals surface area (Å²) in [5.41, 5.74) is 11.7. The van der Waals surface area contributed by atoms with Gasteiger partial charge in [0.25, 0.3) is 5.88 Å². The zero-order valence-electron chi connectivity index (χ0n) is 14.1. The number of hydrogen-bond acceptors (Lipinski definition) is 3. The highest BCUT2D eigenvalue weighted by molar-refractivity contribution is 5.85. The number of nitrogens with zero attached hydrogens (tertiary/aromatic N) is 3. The molecule has 3 heterocycles. The number of fused-ring (bicyclic) bond motifs is 3. The molecule has 25 heavy (non-hydrogen) atoms. The Morgan fingerprint density at radius 1 is 1.28 bits per heavy atom. The van der Waals surface area contributed by atoms with Crippen molar-refractivity contribution in [3.63, 3.8) is 0 Å². The highest BCUT2D eigenvalue weighted by Gasteiger charge is 2.19. The van der Waals surface area contributed by atoms with Gasteiger partial charge < -0.3 is 22.9 Å². The first-order valence-electron chi connectivity index (χ1n) is 8.08. The summed E-state index contributed by atoms with van der Waals surface area (Å²) in [6.45, 7) is 0.570. The number of rotatable bonds is 4. The second-order valence-corrected chi connectivity index (χ2v) is 6.15. The van der Waals surface area contributed by atoms with Crippen molar-refractivity contribution < 1.29 is 21.7 Å². The Morgan fingerprint density at radius 2 is 2.12 bits per heavy atom. The Bertz CT molecular complexity index is 879. The van der Waals surface area contributed by atoms with Crippen molar-refractivity contribution in [1.29, 1.82) is 0 Å². The van der Waals surface area contributed by atoms with Gasteiger partial charge in [0.2, 0.25) is 0 Å². The van der Waals surface area contributed by atoms with Gasteiger partial charge in [-0.15, -0.1) is 17.5 Å². The first-order chi connectivity index (χ1) is 11.2. The summed E-state index contributed by atoms with van der Waals surface area (Å²) >= 11 is 0. The van der Waals surface area contributed by atoms with E-state index in [2.05, 4.69) is 29.5 Å². The number of pyridine rings is 2. The number of anilines is 1. The molecule has 0 spiro atoms. The smallest absolute Gasteiger partial charge is 0.257 e. The van der Waals surface area contributed by atoms with Crippen LogP contribution in [0.25, 0.3) is 5.52 Å². The molecule has 0 atom stereocenters. The van der Waals surface area contributed by atoms with E-state index in [0.717, 1.165) is 24.8 Å². The summed E-state index contributed by atoms with van der Waals surface area (Å²) in [5, 5.41) is 4.60. The van der Waals surface area contributed by atoms with Crippen molar-refractivity contribution in [2.75, 3.05) is 12.3 Å². The maximum Gasteiger partial charge on any atom is 0.257 e. The normalized spacial score (nSPS) is 12.4. The maximum atomic E-state index is 6.22. The van der Waals surface area contributed by atoms with Crippen LogP contribution >= 0.6 is 12.4 Å². The number of hydrogen-bond donors (Lipinski definition) is 1. The van der Waals surface area contributed by atoms with Gasteiger partial charge in [0, 0.05) is 23.7 Å². The second kappa shape index (κ2) is 7.93. The molecule has 0 fully saturated rings. The Kier molecular flexibility index (Phi) is 6.14. The van der Waals surface area contributed by atoms with Crippen LogP contribution in [0.3, 0.4) is 0 Å². The van der Waals surface area contributed by atoms with Crippen molar-refractivity contribution >= 4 is 23.6 Å². The standard InChI is InChI=1S/C18H21N4O.2ClH/c1-21-10-3-4-13(12-21)9-11-23-18-17(19)16-8-7-14-5-2-6-15(14)22(16)20-18;;/h3-4,7-8,10,12H,2,5-6,9,11,19H2,1H3;2*1H/q+1;;/p-1. The second-order valence-electron chi connectivity index (χ2n) is 6.15. The minimum Gasteiger partial charge on any atom is -1.00 e. The van der Waals surface area contributed by atoms with Gasteiger partial charge in [-0.1, -0.05) is 6.07 Å². The first kappa shape index (κ1) is 19.3. The molecule has 4 rings (SSSR count). The van der Waals surface area contributed by atoms with Gasteiger partial charge in [0.15, 0.2) is 12.4 Å². The van der Waals surface area contributed by atoms with E-state index in [0.29, 0.717) is 18.2 Å². The average molecular weight is 381 g/mol. The molecule has 0 saturated carbocycles. The predicted octanol–water partition coefficient (Wildman–Crippen LogP) is -0.723. The van der Waals surface area contributed by atoms with Crippen LogP contribution in [0.5, 0.6) is 5.88 Å². The van der Waals surface area contributed by atoms with Crippen molar-refractivity contribution in [3.05, 3.63) is 53.5 Å². The largest absolute Gasteiger partial charge is 1.00 e. The average Bonchev–Trinajstić information content (AvgIpc) is 3.13. The number of aromatic nitrogens is 3. The molecule has 3 aromatic rings. The molecule has 0 radical (unpaired) electrons. The van der Waals surface area contributed by atoms with E-state index >= 15 is 0 Å². The zero-order chi connectivity index (χ0) is 15.8. The van der Waals surface area contributed by atoms with Crippen LogP contribution in [0.4, 0.5) is 5.69 Å². The SMILES string of the molecule is C[n+]1cccc(CCOc2nn3c4c(ccc3c2N)CCC4)c1.Cl.[Cl-]. The summed E-state index contributed by atoms with van der Waals surface area (Å²) < 4.78 is 9.87. The fourth-order valence-corrected chi connectivity index (χ4v) is 3.31. The molecule has 5 nitrogen and oxygen atoms in total. The minimum atomic E-state index is 0. The summed E-state index contributed by atoms with van der Waals surface area (Å²) in [7, 11) is 2.02. The van der Waals surface area contributed by atoms with Crippen LogP contribution in [0.15, 0.2) is 36.7 Å². The molecule has 0 amide bonds. The number of ether oxygens (including phenoxy) is 1. The van der Waals surface area contributed by atoms with Crippen LogP contribution in [0, 0.1) is 0 Å². The van der Waals surface area contributed by atoms with E-state index in [1.54, 1.807) is 0 Å². The van der Waals surface area contributed by atoms with E-state index in [9.17, 15) is 0 Å². The lowest BCUT2D eigenvalue weighted by Gasteiger charge is -2.03. The van der Waals surface area contributed by atoms with Gasteiger partial charge in [-0.05, 0) is 37.0 Å². The third-order valence-electron chi connectivity index (χ3n) is 4.48. The Labute approximate surface area is 159 Å². The maximum absolute atomic E-state index is 6.22. The van der Waals surface area contributed by atoms with Gasteiger partial charge in [-0.2, -0.15) is 0 Å². The van der Waals surface area contributed by atoms with E-state index < -0.39 is 0 Å². The minimum absolute atomic E-state index is 0. The molecule has 3 aromatic heterocycles. The Balaban J connectivity index is 0.00000113. The Hall–Kier alpha value is -1.98. The predicted molar refractivity (Wildman–Crippen MR) is 95.7 cm³/mol. The van der Waals surface area contributed by atoms with Crippen molar-refractivity contribution in [2.24, 2.45) is 7.05 Å². The van der Waals surface area contributed by atoms with Gasteiger partial charge in [0.1, 0.15) is 12.7 Å². The van der Waals surface area contributed by atoms with Crippen molar-refractivity contribution in [2.45, 2.75) is 25.7 Å². The van der Waals surface area contributed by atoms with E-state index in [-0.39, 0.29) is 24.8 Å². The van der Waals surface area contributed by atoms with Crippen molar-refractivity contribution in [3.8, 4) is 5.88 Å². The molecule has 7 heteroatoms. The molecule has 2 N–H and O–H groups in total. The summed E-state index contributed by atoms with van der Waals surface area (Å²) in [6.07, 6.45) is 8.34. The topological polar surface area (TPSA) is 56.4 Å². The number of halogens is 2. The molecule has 0 saturated heterocycles. The van der Waals surface area contributed by atoms with Gasteiger partial charge in [0.05, 0.1) is 12.1 Å². The highest BCUT2D eigenvalue weighted by Crippen LogP contribution is 2.30. The quantitative estimate of drug-likeness (QED) is 0.607. The first-order valence-corrected chi connectivity index (χ1v) is 8.08. The summed E-state index contributed by atoms with van der Waals surface area (Å²) in [6, 6.07) is 8.36. The molecule has 0 bridgehead atoms. The van der Waals surface area contributed by atoms with E-state index in [4.69, 9.17) is 10.5 Å². The fourth-order valence-electron chi connectivity index (χ4n) is 3.31. The van der Waals surface area contributed by atoms with Crippen LogP contribution in [-0.4, -0.2) is 16.2 Å². The molecular weight excluding hydrogens is 359 g/mol. The molecule has 0 aliphatic heterocycles. The highest BCUT2D eigenvalue weighted by atomic mass is 35.5. The lowest BCUT2D eigenvalue weighted by atomic mass is 10.2. The van der Waals surface area contributed by atoms with Gasteiger partial charge >= 0.3 is 0 Å². The monoisotopic (exact) mass is 380 g/mol. The number of nitrogen functional groups attached to an aromatic ring is 1. The third kappa shape index (κ3) is 3.67. The van der Waals surface area contributed by atoms with Crippen LogP contribution in [0.2, 0.25) is 0 Å². The van der Waals surface area contributed by atoms with E-state index in [1.807, 2.05) is 28.4 Å². The van der Waals surface area contributed by atoms with Crippen molar-refractivity contribution in [1.82, 2.24) is 9.61 Å². The molecule has 0 aromatic carbocycles. The van der Waals surface area contributed by atoms with Gasteiger partial charge in [-0.25, -0.2) is 9.08 Å². The molecule has 0 unspecified atom stereocenters. The van der Waals surface area contributed by atoms with Crippen LogP contribution < -0.4 is 27.4 Å². The molecule has 1 aliphatic rings.